The SMILES string of the molecule is CCOCCNCc1ccc(C)cc1Cl. The maximum Gasteiger partial charge on any atom is 0.0590 e. The van der Waals surface area contributed by atoms with Gasteiger partial charge in [-0.3, -0.25) is 0 Å². The number of rotatable bonds is 6. The van der Waals surface area contributed by atoms with E-state index in [1.54, 1.807) is 0 Å². The van der Waals surface area contributed by atoms with Gasteiger partial charge in [0.1, 0.15) is 0 Å². The Morgan fingerprint density at radius 2 is 2.20 bits per heavy atom. The molecule has 0 atom stereocenters. The fraction of sp³-hybridized carbons (Fsp3) is 0.500. The fourth-order valence-electron chi connectivity index (χ4n) is 1.31. The van der Waals surface area contributed by atoms with E-state index in [0.717, 1.165) is 36.9 Å². The van der Waals surface area contributed by atoms with E-state index in [2.05, 4.69) is 17.4 Å². The highest BCUT2D eigenvalue weighted by atomic mass is 35.5. The molecule has 84 valence electrons. The minimum Gasteiger partial charge on any atom is -0.380 e. The Balaban J connectivity index is 2.31. The molecule has 1 aromatic carbocycles. The first-order valence-corrected chi connectivity index (χ1v) is 5.65. The predicted octanol–water partition coefficient (Wildman–Crippen LogP) is 2.77. The van der Waals surface area contributed by atoms with E-state index in [1.165, 1.54) is 5.56 Å². The third-order valence-electron chi connectivity index (χ3n) is 2.15. The summed E-state index contributed by atoms with van der Waals surface area (Å²) < 4.78 is 5.23. The quantitative estimate of drug-likeness (QED) is 0.755. The normalized spacial score (nSPS) is 10.6. The highest BCUT2D eigenvalue weighted by molar-refractivity contribution is 6.31. The maximum absolute atomic E-state index is 6.10. The number of hydrogen-bond donors (Lipinski definition) is 1. The van der Waals surface area contributed by atoms with Crippen LogP contribution in [-0.2, 0) is 11.3 Å². The van der Waals surface area contributed by atoms with Crippen LogP contribution in [0.5, 0.6) is 0 Å². The molecule has 0 aliphatic rings. The van der Waals surface area contributed by atoms with Gasteiger partial charge in [-0.2, -0.15) is 0 Å². The van der Waals surface area contributed by atoms with Crippen molar-refractivity contribution in [3.05, 3.63) is 34.3 Å². The number of aryl methyl sites for hydroxylation is 1. The van der Waals surface area contributed by atoms with Crippen LogP contribution in [0.4, 0.5) is 0 Å². The molecule has 0 fully saturated rings. The smallest absolute Gasteiger partial charge is 0.0590 e. The number of nitrogens with one attached hydrogen (secondary N) is 1. The van der Waals surface area contributed by atoms with Crippen molar-refractivity contribution in [2.75, 3.05) is 19.8 Å². The predicted molar refractivity (Wildman–Crippen MR) is 64.4 cm³/mol. The molecule has 0 saturated heterocycles. The van der Waals surface area contributed by atoms with E-state index >= 15 is 0 Å². The minimum atomic E-state index is 0.750. The molecule has 0 spiro atoms. The first-order valence-electron chi connectivity index (χ1n) is 5.27. The lowest BCUT2D eigenvalue weighted by atomic mass is 10.1. The average Bonchev–Trinajstić information content (AvgIpc) is 2.20. The van der Waals surface area contributed by atoms with E-state index in [0.29, 0.717) is 0 Å². The number of halogens is 1. The van der Waals surface area contributed by atoms with E-state index in [-0.39, 0.29) is 0 Å². The molecule has 1 aromatic rings. The Labute approximate surface area is 96.6 Å². The zero-order valence-corrected chi connectivity index (χ0v) is 10.1. The summed E-state index contributed by atoms with van der Waals surface area (Å²) in [7, 11) is 0. The van der Waals surface area contributed by atoms with Crippen LogP contribution in [-0.4, -0.2) is 19.8 Å². The van der Waals surface area contributed by atoms with Gasteiger partial charge in [-0.25, -0.2) is 0 Å². The molecule has 0 bridgehead atoms. The second-order valence-corrected chi connectivity index (χ2v) is 3.88. The van der Waals surface area contributed by atoms with Crippen LogP contribution >= 0.6 is 11.6 Å². The molecule has 0 aromatic heterocycles. The van der Waals surface area contributed by atoms with Crippen molar-refractivity contribution in [3.63, 3.8) is 0 Å². The summed E-state index contributed by atoms with van der Waals surface area (Å²) in [6.45, 7) is 7.21. The lowest BCUT2D eigenvalue weighted by molar-refractivity contribution is 0.149. The number of hydrogen-bond acceptors (Lipinski definition) is 2. The van der Waals surface area contributed by atoms with Crippen molar-refractivity contribution in [2.24, 2.45) is 0 Å². The van der Waals surface area contributed by atoms with Crippen molar-refractivity contribution in [1.29, 1.82) is 0 Å². The second-order valence-electron chi connectivity index (χ2n) is 3.47. The second kappa shape index (κ2) is 6.83. The molecule has 0 radical (unpaired) electrons. The average molecular weight is 228 g/mol. The van der Waals surface area contributed by atoms with Crippen molar-refractivity contribution < 1.29 is 4.74 Å². The Morgan fingerprint density at radius 3 is 2.87 bits per heavy atom. The topological polar surface area (TPSA) is 21.3 Å². The van der Waals surface area contributed by atoms with Crippen molar-refractivity contribution in [2.45, 2.75) is 20.4 Å². The van der Waals surface area contributed by atoms with Gasteiger partial charge in [0.2, 0.25) is 0 Å². The van der Waals surface area contributed by atoms with Crippen LogP contribution in [0.15, 0.2) is 18.2 Å². The first-order chi connectivity index (χ1) is 7.24. The number of ether oxygens (including phenoxy) is 1. The van der Waals surface area contributed by atoms with Crippen molar-refractivity contribution in [1.82, 2.24) is 5.32 Å². The molecule has 0 saturated carbocycles. The third-order valence-corrected chi connectivity index (χ3v) is 2.50. The highest BCUT2D eigenvalue weighted by Crippen LogP contribution is 2.16. The summed E-state index contributed by atoms with van der Waals surface area (Å²) >= 11 is 6.10. The van der Waals surface area contributed by atoms with Gasteiger partial charge in [0.05, 0.1) is 6.61 Å². The summed E-state index contributed by atoms with van der Waals surface area (Å²) in [6, 6.07) is 6.12. The Morgan fingerprint density at radius 1 is 1.40 bits per heavy atom. The molecule has 0 amide bonds. The van der Waals surface area contributed by atoms with Crippen LogP contribution in [0.3, 0.4) is 0 Å². The summed E-state index contributed by atoms with van der Waals surface area (Å²) in [4.78, 5) is 0. The van der Waals surface area contributed by atoms with E-state index in [4.69, 9.17) is 16.3 Å². The van der Waals surface area contributed by atoms with Crippen LogP contribution in [0.2, 0.25) is 5.02 Å². The summed E-state index contributed by atoms with van der Waals surface area (Å²) in [5, 5.41) is 4.12. The van der Waals surface area contributed by atoms with Gasteiger partial charge in [0.25, 0.3) is 0 Å². The fourth-order valence-corrected chi connectivity index (χ4v) is 1.61. The van der Waals surface area contributed by atoms with Gasteiger partial charge in [-0.15, -0.1) is 0 Å². The van der Waals surface area contributed by atoms with Crippen molar-refractivity contribution in [3.8, 4) is 0 Å². The first kappa shape index (κ1) is 12.5. The molecule has 1 rings (SSSR count). The monoisotopic (exact) mass is 227 g/mol. The van der Waals surface area contributed by atoms with Crippen LogP contribution in [0.1, 0.15) is 18.1 Å². The summed E-state index contributed by atoms with van der Waals surface area (Å²) in [5.41, 5.74) is 2.33. The maximum atomic E-state index is 6.10. The van der Waals surface area contributed by atoms with Gasteiger partial charge in [0.15, 0.2) is 0 Å². The summed E-state index contributed by atoms with van der Waals surface area (Å²) in [6.07, 6.45) is 0. The van der Waals surface area contributed by atoms with Crippen LogP contribution in [0, 0.1) is 6.92 Å². The third kappa shape index (κ3) is 4.65. The molecule has 3 heteroatoms. The van der Waals surface area contributed by atoms with E-state index in [9.17, 15) is 0 Å². The zero-order valence-electron chi connectivity index (χ0n) is 9.35. The van der Waals surface area contributed by atoms with Gasteiger partial charge in [-0.1, -0.05) is 23.7 Å². The lowest BCUT2D eigenvalue weighted by Gasteiger charge is -2.07. The zero-order chi connectivity index (χ0) is 11.1. The molecule has 2 nitrogen and oxygen atoms in total. The molecular weight excluding hydrogens is 210 g/mol. The molecule has 1 N–H and O–H groups in total. The van der Waals surface area contributed by atoms with Gasteiger partial charge >= 0.3 is 0 Å². The van der Waals surface area contributed by atoms with E-state index < -0.39 is 0 Å². The molecule has 0 aliphatic carbocycles. The van der Waals surface area contributed by atoms with Gasteiger partial charge in [0, 0.05) is 24.7 Å². The molecule has 0 unspecified atom stereocenters. The molecular formula is C12H18ClNO. The van der Waals surface area contributed by atoms with Gasteiger partial charge in [-0.05, 0) is 31.0 Å². The Bertz CT molecular complexity index is 302. The Kier molecular flexibility index (Phi) is 5.69. The lowest BCUT2D eigenvalue weighted by Crippen LogP contribution is -2.19. The van der Waals surface area contributed by atoms with Crippen LogP contribution in [0.25, 0.3) is 0 Å². The Hall–Kier alpha value is -0.570. The van der Waals surface area contributed by atoms with Crippen LogP contribution < -0.4 is 5.32 Å². The van der Waals surface area contributed by atoms with Crippen molar-refractivity contribution >= 4 is 11.6 Å². The molecule has 15 heavy (non-hydrogen) atoms. The van der Waals surface area contributed by atoms with Gasteiger partial charge < -0.3 is 10.1 Å². The van der Waals surface area contributed by atoms with E-state index in [1.807, 2.05) is 19.9 Å². The standard InChI is InChI=1S/C12H18ClNO/c1-3-15-7-6-14-9-11-5-4-10(2)8-12(11)13/h4-5,8,14H,3,6-7,9H2,1-2H3. The largest absolute Gasteiger partial charge is 0.380 e. The molecule has 0 aliphatic heterocycles. The number of benzene rings is 1. The highest BCUT2D eigenvalue weighted by Gasteiger charge is 1.99. The molecule has 0 heterocycles. The summed E-state index contributed by atoms with van der Waals surface area (Å²) in [5.74, 6) is 0. The minimum absolute atomic E-state index is 0.750.